The molecule has 0 aliphatic rings. The van der Waals surface area contributed by atoms with E-state index in [4.69, 9.17) is 9.63 Å². The van der Waals surface area contributed by atoms with Crippen LogP contribution in [-0.2, 0) is 11.2 Å². The second-order valence-electron chi connectivity index (χ2n) is 3.63. The molecule has 0 spiro atoms. The third kappa shape index (κ3) is 2.11. The number of aromatic nitrogens is 1. The van der Waals surface area contributed by atoms with E-state index in [1.807, 2.05) is 31.2 Å². The highest BCUT2D eigenvalue weighted by Gasteiger charge is 2.12. The van der Waals surface area contributed by atoms with Crippen LogP contribution in [0.3, 0.4) is 0 Å². The number of hydrogen-bond donors (Lipinski definition) is 1. The predicted octanol–water partition coefficient (Wildman–Crippen LogP) is 2.28. The van der Waals surface area contributed by atoms with Crippen molar-refractivity contribution in [1.29, 1.82) is 0 Å². The molecule has 0 aliphatic heterocycles. The highest BCUT2D eigenvalue weighted by atomic mass is 16.5. The van der Waals surface area contributed by atoms with Gasteiger partial charge in [-0.2, -0.15) is 0 Å². The van der Waals surface area contributed by atoms with Crippen molar-refractivity contribution in [3.8, 4) is 11.3 Å². The number of carbonyl (C=O) groups is 1. The van der Waals surface area contributed by atoms with E-state index in [0.29, 0.717) is 11.3 Å². The van der Waals surface area contributed by atoms with Crippen molar-refractivity contribution in [2.75, 3.05) is 0 Å². The maximum Gasteiger partial charge on any atom is 0.308 e. The van der Waals surface area contributed by atoms with E-state index in [1.165, 1.54) is 6.26 Å². The minimum absolute atomic E-state index is 0.0766. The number of aliphatic carboxylic acids is 1. The Morgan fingerprint density at radius 1 is 1.50 bits per heavy atom. The quantitative estimate of drug-likeness (QED) is 0.856. The van der Waals surface area contributed by atoms with Crippen molar-refractivity contribution < 1.29 is 14.4 Å². The summed E-state index contributed by atoms with van der Waals surface area (Å²) in [5, 5.41) is 12.6. The van der Waals surface area contributed by atoms with E-state index < -0.39 is 5.97 Å². The lowest BCUT2D eigenvalue weighted by Crippen LogP contribution is -2.00. The number of nitrogens with zero attached hydrogens (tertiary/aromatic N) is 1. The maximum absolute atomic E-state index is 10.6. The first-order valence-corrected chi connectivity index (χ1v) is 4.89. The van der Waals surface area contributed by atoms with E-state index in [9.17, 15) is 4.79 Å². The molecule has 0 amide bonds. The lowest BCUT2D eigenvalue weighted by Gasteiger charge is -2.00. The van der Waals surface area contributed by atoms with Gasteiger partial charge in [0.1, 0.15) is 12.0 Å². The van der Waals surface area contributed by atoms with Crippen LogP contribution in [0.4, 0.5) is 0 Å². The lowest BCUT2D eigenvalue weighted by molar-refractivity contribution is -0.136. The summed E-state index contributed by atoms with van der Waals surface area (Å²) in [6.45, 7) is 1.97. The van der Waals surface area contributed by atoms with Crippen LogP contribution in [0.2, 0.25) is 0 Å². The Labute approximate surface area is 92.5 Å². The number of hydrogen-bond acceptors (Lipinski definition) is 3. The smallest absolute Gasteiger partial charge is 0.308 e. The molecule has 2 rings (SSSR count). The second kappa shape index (κ2) is 4.18. The number of rotatable bonds is 3. The fourth-order valence-corrected chi connectivity index (χ4v) is 1.58. The van der Waals surface area contributed by atoms with Crippen molar-refractivity contribution in [3.05, 3.63) is 41.7 Å². The summed E-state index contributed by atoms with van der Waals surface area (Å²) in [6, 6.07) is 7.71. The molecule has 1 aromatic carbocycles. The van der Waals surface area contributed by atoms with Crippen LogP contribution >= 0.6 is 0 Å². The van der Waals surface area contributed by atoms with Crippen LogP contribution in [0.25, 0.3) is 11.3 Å². The molecular weight excluding hydrogens is 206 g/mol. The molecule has 1 aromatic heterocycles. The molecule has 0 unspecified atom stereocenters. The monoisotopic (exact) mass is 217 g/mol. The van der Waals surface area contributed by atoms with E-state index in [0.717, 1.165) is 11.1 Å². The van der Waals surface area contributed by atoms with Crippen LogP contribution < -0.4 is 0 Å². The van der Waals surface area contributed by atoms with Gasteiger partial charge in [0, 0.05) is 11.1 Å². The van der Waals surface area contributed by atoms with Crippen LogP contribution in [0.15, 0.2) is 35.1 Å². The Balaban J connectivity index is 2.40. The number of aryl methyl sites for hydroxylation is 1. The fourth-order valence-electron chi connectivity index (χ4n) is 1.58. The molecule has 4 nitrogen and oxygen atoms in total. The molecule has 82 valence electrons. The van der Waals surface area contributed by atoms with Crippen molar-refractivity contribution in [3.63, 3.8) is 0 Å². The summed E-state index contributed by atoms with van der Waals surface area (Å²) in [5.41, 5.74) is 3.18. The molecule has 0 fully saturated rings. The van der Waals surface area contributed by atoms with Gasteiger partial charge in [0.05, 0.1) is 6.42 Å². The molecule has 0 bridgehead atoms. The van der Waals surface area contributed by atoms with E-state index >= 15 is 0 Å². The molecule has 0 aliphatic carbocycles. The first-order chi connectivity index (χ1) is 7.66. The zero-order valence-electron chi connectivity index (χ0n) is 8.80. The molecule has 0 saturated carbocycles. The van der Waals surface area contributed by atoms with Crippen LogP contribution in [0.5, 0.6) is 0 Å². The fraction of sp³-hybridized carbons (Fsp3) is 0.167. The Bertz CT molecular complexity index is 516. The molecular formula is C12H11NO3. The molecule has 0 saturated heterocycles. The summed E-state index contributed by atoms with van der Waals surface area (Å²) in [5.74, 6) is -0.892. The van der Waals surface area contributed by atoms with Gasteiger partial charge in [-0.25, -0.2) is 0 Å². The van der Waals surface area contributed by atoms with Gasteiger partial charge in [-0.15, -0.1) is 0 Å². The van der Waals surface area contributed by atoms with E-state index in [-0.39, 0.29) is 6.42 Å². The zero-order valence-corrected chi connectivity index (χ0v) is 8.80. The minimum atomic E-state index is -0.892. The van der Waals surface area contributed by atoms with Gasteiger partial charge in [0.2, 0.25) is 0 Å². The highest BCUT2D eigenvalue weighted by Crippen LogP contribution is 2.23. The standard InChI is InChI=1S/C12H11NO3/c1-8-3-2-4-9(5-8)12-10(6-11(14)15)7-16-13-12/h2-5,7H,6H2,1H3,(H,14,15). The van der Waals surface area contributed by atoms with Gasteiger partial charge >= 0.3 is 5.97 Å². The van der Waals surface area contributed by atoms with Gasteiger partial charge in [-0.05, 0) is 13.0 Å². The van der Waals surface area contributed by atoms with Crippen LogP contribution in [0, 0.1) is 6.92 Å². The summed E-state index contributed by atoms with van der Waals surface area (Å²) in [7, 11) is 0. The van der Waals surface area contributed by atoms with Gasteiger partial charge in [0.15, 0.2) is 0 Å². The Morgan fingerprint density at radius 2 is 2.31 bits per heavy atom. The Morgan fingerprint density at radius 3 is 3.00 bits per heavy atom. The Kier molecular flexibility index (Phi) is 2.72. The first kappa shape index (κ1) is 10.4. The third-order valence-corrected chi connectivity index (χ3v) is 2.28. The topological polar surface area (TPSA) is 63.3 Å². The summed E-state index contributed by atoms with van der Waals surface area (Å²) in [6.07, 6.45) is 1.30. The number of carboxylic acid groups (broad SMARTS) is 1. The second-order valence-corrected chi connectivity index (χ2v) is 3.63. The molecule has 16 heavy (non-hydrogen) atoms. The average molecular weight is 217 g/mol. The van der Waals surface area contributed by atoms with E-state index in [1.54, 1.807) is 0 Å². The first-order valence-electron chi connectivity index (χ1n) is 4.89. The normalized spacial score (nSPS) is 10.3. The van der Waals surface area contributed by atoms with Gasteiger partial charge in [-0.1, -0.05) is 28.9 Å². The summed E-state index contributed by atoms with van der Waals surface area (Å²) >= 11 is 0. The molecule has 4 heteroatoms. The largest absolute Gasteiger partial charge is 0.481 e. The lowest BCUT2D eigenvalue weighted by atomic mass is 10.0. The summed E-state index contributed by atoms with van der Waals surface area (Å²) in [4.78, 5) is 10.6. The minimum Gasteiger partial charge on any atom is -0.481 e. The predicted molar refractivity (Wildman–Crippen MR) is 58.0 cm³/mol. The van der Waals surface area contributed by atoms with Crippen molar-refractivity contribution in [2.24, 2.45) is 0 Å². The molecule has 0 atom stereocenters. The molecule has 1 N–H and O–H groups in total. The highest BCUT2D eigenvalue weighted by molar-refractivity contribution is 5.74. The van der Waals surface area contributed by atoms with Crippen molar-refractivity contribution >= 4 is 5.97 Å². The van der Waals surface area contributed by atoms with Gasteiger partial charge in [-0.3, -0.25) is 4.79 Å². The number of benzene rings is 1. The maximum atomic E-state index is 10.6. The van der Waals surface area contributed by atoms with Crippen LogP contribution in [-0.4, -0.2) is 16.2 Å². The zero-order chi connectivity index (χ0) is 11.5. The molecule has 2 aromatic rings. The third-order valence-electron chi connectivity index (χ3n) is 2.28. The average Bonchev–Trinajstić information content (AvgIpc) is 2.65. The van der Waals surface area contributed by atoms with Crippen molar-refractivity contribution in [1.82, 2.24) is 5.16 Å². The Hall–Kier alpha value is -2.10. The van der Waals surface area contributed by atoms with Gasteiger partial charge < -0.3 is 9.63 Å². The SMILES string of the molecule is Cc1cccc(-c2nocc2CC(=O)O)c1. The molecule has 0 radical (unpaired) electrons. The number of carboxylic acids is 1. The van der Waals surface area contributed by atoms with E-state index in [2.05, 4.69) is 5.16 Å². The van der Waals surface area contributed by atoms with Crippen LogP contribution in [0.1, 0.15) is 11.1 Å². The van der Waals surface area contributed by atoms with Gasteiger partial charge in [0.25, 0.3) is 0 Å². The van der Waals surface area contributed by atoms with Crippen molar-refractivity contribution in [2.45, 2.75) is 13.3 Å². The summed E-state index contributed by atoms with van der Waals surface area (Å²) < 4.78 is 4.83. The molecule has 1 heterocycles.